The lowest BCUT2D eigenvalue weighted by Crippen LogP contribution is -2.33. The Kier molecular flexibility index (Phi) is 2.20. The molecular formula is C10H17N3O. The van der Waals surface area contributed by atoms with Gasteiger partial charge in [0.1, 0.15) is 0 Å². The van der Waals surface area contributed by atoms with Crippen LogP contribution in [0.2, 0.25) is 0 Å². The van der Waals surface area contributed by atoms with E-state index in [2.05, 4.69) is 30.8 Å². The predicted octanol–water partition coefficient (Wildman–Crippen LogP) is 2.89. The van der Waals surface area contributed by atoms with E-state index < -0.39 is 0 Å². The lowest BCUT2D eigenvalue weighted by atomic mass is 9.75. The second-order valence-electron chi connectivity index (χ2n) is 5.06. The van der Waals surface area contributed by atoms with Crippen molar-refractivity contribution in [3.8, 4) is 0 Å². The van der Waals surface area contributed by atoms with Crippen LogP contribution >= 0.6 is 0 Å². The van der Waals surface area contributed by atoms with Crippen LogP contribution in [0.5, 0.6) is 0 Å². The van der Waals surface area contributed by atoms with E-state index in [0.717, 1.165) is 12.8 Å². The van der Waals surface area contributed by atoms with E-state index in [1.807, 2.05) is 0 Å². The zero-order chi connectivity index (χ0) is 10.3. The van der Waals surface area contributed by atoms with Crippen molar-refractivity contribution in [1.82, 2.24) is 0 Å². The van der Waals surface area contributed by atoms with Gasteiger partial charge in [-0.2, -0.15) is 0 Å². The van der Waals surface area contributed by atoms with E-state index in [0.29, 0.717) is 17.9 Å². The highest BCUT2D eigenvalue weighted by Gasteiger charge is 2.49. The van der Waals surface area contributed by atoms with Crippen molar-refractivity contribution in [3.05, 3.63) is 10.4 Å². The predicted molar refractivity (Wildman–Crippen MR) is 53.8 cm³/mol. The van der Waals surface area contributed by atoms with Crippen molar-refractivity contribution in [2.24, 2.45) is 17.0 Å². The van der Waals surface area contributed by atoms with Gasteiger partial charge < -0.3 is 4.74 Å². The van der Waals surface area contributed by atoms with E-state index >= 15 is 0 Å². The Labute approximate surface area is 84.3 Å². The minimum atomic E-state index is -0.0291. The normalized spacial score (nSPS) is 44.5. The third kappa shape index (κ3) is 1.39. The molecule has 0 radical (unpaired) electrons. The Bertz CT molecular complexity index is 283. The van der Waals surface area contributed by atoms with Gasteiger partial charge in [-0.15, -0.1) is 0 Å². The third-order valence-corrected chi connectivity index (χ3v) is 3.87. The van der Waals surface area contributed by atoms with Crippen LogP contribution in [0.15, 0.2) is 5.11 Å². The maximum atomic E-state index is 8.48. The molecule has 1 aliphatic carbocycles. The Hall–Kier alpha value is -0.730. The van der Waals surface area contributed by atoms with Crippen molar-refractivity contribution < 1.29 is 4.74 Å². The molecule has 14 heavy (non-hydrogen) atoms. The van der Waals surface area contributed by atoms with Crippen molar-refractivity contribution in [1.29, 1.82) is 0 Å². The van der Waals surface area contributed by atoms with Crippen LogP contribution in [-0.2, 0) is 4.74 Å². The fourth-order valence-electron chi connectivity index (χ4n) is 2.77. The van der Waals surface area contributed by atoms with Gasteiger partial charge in [0.2, 0.25) is 0 Å². The van der Waals surface area contributed by atoms with Gasteiger partial charge >= 0.3 is 0 Å². The van der Waals surface area contributed by atoms with Gasteiger partial charge in [0.25, 0.3) is 0 Å². The minimum absolute atomic E-state index is 0.0291. The molecule has 1 saturated carbocycles. The molecule has 0 aromatic heterocycles. The molecule has 78 valence electrons. The topological polar surface area (TPSA) is 58.0 Å². The van der Waals surface area contributed by atoms with E-state index in [1.54, 1.807) is 0 Å². The first-order valence-electron chi connectivity index (χ1n) is 5.26. The average Bonchev–Trinajstić information content (AvgIpc) is 2.35. The van der Waals surface area contributed by atoms with Crippen molar-refractivity contribution in [2.75, 3.05) is 0 Å². The largest absolute Gasteiger partial charge is 0.372 e. The van der Waals surface area contributed by atoms with Crippen molar-refractivity contribution in [2.45, 2.75) is 51.4 Å². The van der Waals surface area contributed by atoms with Crippen molar-refractivity contribution >= 4 is 0 Å². The fraction of sp³-hybridized carbons (Fsp3) is 1.00. The molecule has 1 heterocycles. The van der Waals surface area contributed by atoms with E-state index in [1.165, 1.54) is 0 Å². The summed E-state index contributed by atoms with van der Waals surface area (Å²) in [5.41, 5.74) is 8.45. The number of nitrogens with zero attached hydrogens (tertiary/aromatic N) is 3. The second-order valence-corrected chi connectivity index (χ2v) is 5.06. The van der Waals surface area contributed by atoms with Gasteiger partial charge in [-0.05, 0) is 44.1 Å². The number of fused-ring (bicyclic) bond motifs is 2. The lowest BCUT2D eigenvalue weighted by molar-refractivity contribution is -0.0383. The maximum Gasteiger partial charge on any atom is 0.0659 e. The molecule has 2 fully saturated rings. The average molecular weight is 195 g/mol. The summed E-state index contributed by atoms with van der Waals surface area (Å²) >= 11 is 0. The van der Waals surface area contributed by atoms with E-state index in [4.69, 9.17) is 10.3 Å². The number of azide groups is 1. The van der Waals surface area contributed by atoms with Crippen LogP contribution in [0.25, 0.3) is 10.4 Å². The molecule has 2 bridgehead atoms. The molecular weight excluding hydrogens is 178 g/mol. The SMILES string of the molecule is C[C@H]1[C@H](N=[N+]=[N-])C[C@@H]2C[C@H]1OC2(C)C. The molecule has 0 spiro atoms. The van der Waals surface area contributed by atoms with Crippen LogP contribution in [0, 0.1) is 11.8 Å². The quantitative estimate of drug-likeness (QED) is 0.360. The van der Waals surface area contributed by atoms with Crippen LogP contribution in [0.1, 0.15) is 33.6 Å². The zero-order valence-electron chi connectivity index (χ0n) is 8.97. The van der Waals surface area contributed by atoms with Crippen LogP contribution < -0.4 is 0 Å². The summed E-state index contributed by atoms with van der Waals surface area (Å²) in [5.74, 6) is 0.920. The summed E-state index contributed by atoms with van der Waals surface area (Å²) in [4.78, 5) is 2.92. The smallest absolute Gasteiger partial charge is 0.0659 e. The molecule has 0 N–H and O–H groups in total. The van der Waals surface area contributed by atoms with Crippen LogP contribution in [0.4, 0.5) is 0 Å². The van der Waals surface area contributed by atoms with Gasteiger partial charge in [-0.3, -0.25) is 0 Å². The highest BCUT2D eigenvalue weighted by molar-refractivity contribution is 5.00. The number of ether oxygens (including phenoxy) is 1. The summed E-state index contributed by atoms with van der Waals surface area (Å²) in [6.07, 6.45) is 2.40. The first-order chi connectivity index (χ1) is 6.54. The molecule has 1 aliphatic heterocycles. The third-order valence-electron chi connectivity index (χ3n) is 3.87. The molecule has 0 aromatic carbocycles. The Morgan fingerprint density at radius 2 is 2.14 bits per heavy atom. The maximum absolute atomic E-state index is 8.48. The molecule has 4 atom stereocenters. The molecule has 4 heteroatoms. The Morgan fingerprint density at radius 1 is 1.43 bits per heavy atom. The molecule has 1 saturated heterocycles. The van der Waals surface area contributed by atoms with Gasteiger partial charge in [0, 0.05) is 11.0 Å². The summed E-state index contributed by atoms with van der Waals surface area (Å²) in [7, 11) is 0. The Morgan fingerprint density at radius 3 is 2.79 bits per heavy atom. The number of rotatable bonds is 1. The highest BCUT2D eigenvalue weighted by Crippen LogP contribution is 2.47. The van der Waals surface area contributed by atoms with Gasteiger partial charge in [-0.25, -0.2) is 0 Å². The van der Waals surface area contributed by atoms with Gasteiger partial charge in [-0.1, -0.05) is 12.0 Å². The zero-order valence-corrected chi connectivity index (χ0v) is 8.97. The second kappa shape index (κ2) is 3.14. The van der Waals surface area contributed by atoms with Crippen molar-refractivity contribution in [3.63, 3.8) is 0 Å². The molecule has 0 amide bonds. The molecule has 0 unspecified atom stereocenters. The molecule has 2 rings (SSSR count). The van der Waals surface area contributed by atoms with Gasteiger partial charge in [0.15, 0.2) is 0 Å². The monoisotopic (exact) mass is 195 g/mol. The summed E-state index contributed by atoms with van der Waals surface area (Å²) in [6.45, 7) is 6.41. The van der Waals surface area contributed by atoms with E-state index in [9.17, 15) is 0 Å². The molecule has 2 aliphatic rings. The standard InChI is InChI=1S/C10H17N3O/c1-6-8(12-13-11)4-7-5-9(6)14-10(7,2)3/h6-9H,4-5H2,1-3H3/t6-,7+,8+,9+/m0/s1. The van der Waals surface area contributed by atoms with Crippen LogP contribution in [-0.4, -0.2) is 17.7 Å². The number of hydrogen-bond acceptors (Lipinski definition) is 2. The first-order valence-corrected chi connectivity index (χ1v) is 5.26. The minimum Gasteiger partial charge on any atom is -0.372 e. The summed E-state index contributed by atoms with van der Waals surface area (Å²) < 4.78 is 5.98. The molecule has 4 nitrogen and oxygen atoms in total. The molecule has 0 aromatic rings. The van der Waals surface area contributed by atoms with E-state index in [-0.39, 0.29) is 11.6 Å². The first kappa shape index (κ1) is 9.81. The summed E-state index contributed by atoms with van der Waals surface area (Å²) in [6, 6.07) is 0.130. The fourth-order valence-corrected chi connectivity index (χ4v) is 2.77. The van der Waals surface area contributed by atoms with Crippen LogP contribution in [0.3, 0.4) is 0 Å². The lowest BCUT2D eigenvalue weighted by Gasteiger charge is -2.30. The summed E-state index contributed by atoms with van der Waals surface area (Å²) in [5, 5.41) is 3.87. The number of hydrogen-bond donors (Lipinski definition) is 0. The Balaban J connectivity index is 2.20. The van der Waals surface area contributed by atoms with Gasteiger partial charge in [0.05, 0.1) is 11.7 Å². The highest BCUT2D eigenvalue weighted by atomic mass is 16.5.